The molecule has 2 heterocycles. The minimum Gasteiger partial charge on any atom is -0.493 e. The van der Waals surface area contributed by atoms with Gasteiger partial charge in [0.2, 0.25) is 0 Å². The third-order valence-electron chi connectivity index (χ3n) is 2.97. The van der Waals surface area contributed by atoms with E-state index in [2.05, 4.69) is 25.6 Å². The van der Waals surface area contributed by atoms with Gasteiger partial charge in [-0.2, -0.15) is 0 Å². The Bertz CT molecular complexity index is 762. The average Bonchev–Trinajstić information content (AvgIpc) is 2.88. The summed E-state index contributed by atoms with van der Waals surface area (Å²) in [5.74, 6) is 0.756. The smallest absolute Gasteiger partial charge is 0.261 e. The molecule has 1 aliphatic heterocycles. The molecule has 1 aliphatic rings. The predicted molar refractivity (Wildman–Crippen MR) is 78.4 cm³/mol. The Labute approximate surface area is 125 Å². The van der Waals surface area contributed by atoms with Crippen LogP contribution in [0.15, 0.2) is 46.0 Å². The third kappa shape index (κ3) is 2.51. The number of sulfonamides is 1. The first-order chi connectivity index (χ1) is 9.56. The summed E-state index contributed by atoms with van der Waals surface area (Å²) >= 11 is 3.21. The zero-order valence-electron chi connectivity index (χ0n) is 10.3. The molecular weight excluding hydrogens is 344 g/mol. The van der Waals surface area contributed by atoms with Crippen molar-refractivity contribution in [2.75, 3.05) is 11.3 Å². The molecule has 104 valence electrons. The van der Waals surface area contributed by atoms with Crippen LogP contribution < -0.4 is 9.46 Å². The Morgan fingerprint density at radius 2 is 2.15 bits per heavy atom. The molecular formula is C13H11BrN2O3S. The molecule has 0 atom stereocenters. The maximum Gasteiger partial charge on any atom is 0.261 e. The zero-order chi connectivity index (χ0) is 14.2. The van der Waals surface area contributed by atoms with Gasteiger partial charge in [0.25, 0.3) is 10.0 Å². The van der Waals surface area contributed by atoms with Gasteiger partial charge in [0.05, 0.1) is 17.2 Å². The minimum atomic E-state index is -3.63. The van der Waals surface area contributed by atoms with E-state index in [0.717, 1.165) is 17.7 Å². The van der Waals surface area contributed by atoms with Crippen molar-refractivity contribution in [1.29, 1.82) is 0 Å². The zero-order valence-corrected chi connectivity index (χ0v) is 12.7. The van der Waals surface area contributed by atoms with Crippen molar-refractivity contribution in [1.82, 2.24) is 4.98 Å². The third-order valence-corrected chi connectivity index (χ3v) is 4.97. The Morgan fingerprint density at radius 1 is 1.30 bits per heavy atom. The minimum absolute atomic E-state index is 0.220. The van der Waals surface area contributed by atoms with Gasteiger partial charge in [-0.15, -0.1) is 0 Å². The molecule has 2 aromatic rings. The lowest BCUT2D eigenvalue weighted by molar-refractivity contribution is 0.356. The van der Waals surface area contributed by atoms with Crippen molar-refractivity contribution < 1.29 is 13.2 Å². The molecule has 0 unspecified atom stereocenters. The molecule has 1 N–H and O–H groups in total. The van der Waals surface area contributed by atoms with E-state index in [1.807, 2.05) is 0 Å². The number of anilines is 1. The van der Waals surface area contributed by atoms with Crippen molar-refractivity contribution in [3.05, 3.63) is 46.7 Å². The normalized spacial score (nSPS) is 13.7. The van der Waals surface area contributed by atoms with E-state index < -0.39 is 10.0 Å². The lowest BCUT2D eigenvalue weighted by Gasteiger charge is -2.10. The molecule has 0 spiro atoms. The second-order valence-electron chi connectivity index (χ2n) is 4.32. The van der Waals surface area contributed by atoms with Crippen LogP contribution in [0.2, 0.25) is 0 Å². The molecule has 1 aromatic carbocycles. The standard InChI is InChI=1S/C13H11BrN2O3S/c14-13-11(2-1-6-15-13)16-20(17,18)10-3-4-12-9(8-10)5-7-19-12/h1-4,6,8,16H,5,7H2. The SMILES string of the molecule is O=S(=O)(Nc1cccnc1Br)c1ccc2c(c1)CCO2. The summed E-state index contributed by atoms with van der Waals surface area (Å²) in [4.78, 5) is 4.20. The van der Waals surface area contributed by atoms with E-state index in [-0.39, 0.29) is 4.90 Å². The number of nitrogens with one attached hydrogen (secondary N) is 1. The highest BCUT2D eigenvalue weighted by atomic mass is 79.9. The van der Waals surface area contributed by atoms with Crippen molar-refractivity contribution in [3.8, 4) is 5.75 Å². The molecule has 0 saturated carbocycles. The van der Waals surface area contributed by atoms with Crippen molar-refractivity contribution in [2.24, 2.45) is 0 Å². The van der Waals surface area contributed by atoms with E-state index in [0.29, 0.717) is 16.9 Å². The van der Waals surface area contributed by atoms with Gasteiger partial charge < -0.3 is 4.74 Å². The van der Waals surface area contributed by atoms with Crippen LogP contribution in [0.5, 0.6) is 5.75 Å². The summed E-state index contributed by atoms with van der Waals surface area (Å²) in [6.45, 7) is 0.598. The van der Waals surface area contributed by atoms with Crippen LogP contribution in [0.3, 0.4) is 0 Å². The molecule has 0 aliphatic carbocycles. The topological polar surface area (TPSA) is 68.3 Å². The van der Waals surface area contributed by atoms with E-state index >= 15 is 0 Å². The molecule has 7 heteroatoms. The number of halogens is 1. The highest BCUT2D eigenvalue weighted by Gasteiger charge is 2.20. The van der Waals surface area contributed by atoms with Crippen LogP contribution in [-0.4, -0.2) is 20.0 Å². The Balaban J connectivity index is 1.94. The van der Waals surface area contributed by atoms with Gasteiger partial charge in [-0.3, -0.25) is 4.72 Å². The fourth-order valence-corrected chi connectivity index (χ4v) is 3.59. The molecule has 3 rings (SSSR count). The Hall–Kier alpha value is -1.60. The predicted octanol–water partition coefficient (Wildman–Crippen LogP) is 2.58. The molecule has 0 fully saturated rings. The van der Waals surface area contributed by atoms with Gasteiger partial charge in [0, 0.05) is 12.6 Å². The Morgan fingerprint density at radius 3 is 2.95 bits per heavy atom. The maximum absolute atomic E-state index is 12.4. The number of rotatable bonds is 3. The number of fused-ring (bicyclic) bond motifs is 1. The number of hydrogen-bond donors (Lipinski definition) is 1. The fourth-order valence-electron chi connectivity index (χ4n) is 2.00. The molecule has 0 bridgehead atoms. The average molecular weight is 355 g/mol. The summed E-state index contributed by atoms with van der Waals surface area (Å²) in [5.41, 5.74) is 1.32. The maximum atomic E-state index is 12.4. The largest absolute Gasteiger partial charge is 0.493 e. The molecule has 0 amide bonds. The van der Waals surface area contributed by atoms with Gasteiger partial charge in [-0.05, 0) is 51.8 Å². The lowest BCUT2D eigenvalue weighted by atomic mass is 10.2. The molecule has 5 nitrogen and oxygen atoms in total. The first-order valence-corrected chi connectivity index (χ1v) is 8.23. The summed E-state index contributed by atoms with van der Waals surface area (Å²) in [7, 11) is -3.63. The van der Waals surface area contributed by atoms with E-state index in [9.17, 15) is 8.42 Å². The molecule has 20 heavy (non-hydrogen) atoms. The first-order valence-electron chi connectivity index (χ1n) is 5.95. The van der Waals surface area contributed by atoms with Crippen LogP contribution in [0.1, 0.15) is 5.56 Å². The van der Waals surface area contributed by atoms with Crippen molar-refractivity contribution in [2.45, 2.75) is 11.3 Å². The highest BCUT2D eigenvalue weighted by molar-refractivity contribution is 9.10. The number of benzene rings is 1. The number of nitrogens with zero attached hydrogens (tertiary/aromatic N) is 1. The fraction of sp³-hybridized carbons (Fsp3) is 0.154. The van der Waals surface area contributed by atoms with Crippen LogP contribution in [-0.2, 0) is 16.4 Å². The summed E-state index contributed by atoms with van der Waals surface area (Å²) in [5, 5.41) is 0. The van der Waals surface area contributed by atoms with Gasteiger partial charge in [0.1, 0.15) is 10.4 Å². The monoisotopic (exact) mass is 354 g/mol. The number of pyridine rings is 1. The Kier molecular flexibility index (Phi) is 3.39. The summed E-state index contributed by atoms with van der Waals surface area (Å²) < 4.78 is 33.0. The summed E-state index contributed by atoms with van der Waals surface area (Å²) in [6, 6.07) is 8.19. The van der Waals surface area contributed by atoms with Crippen LogP contribution >= 0.6 is 15.9 Å². The van der Waals surface area contributed by atoms with Gasteiger partial charge in [0.15, 0.2) is 0 Å². The second-order valence-corrected chi connectivity index (χ2v) is 6.75. The number of aromatic nitrogens is 1. The van der Waals surface area contributed by atoms with Crippen molar-refractivity contribution in [3.63, 3.8) is 0 Å². The van der Waals surface area contributed by atoms with Gasteiger partial charge >= 0.3 is 0 Å². The van der Waals surface area contributed by atoms with E-state index in [1.54, 1.807) is 30.5 Å². The summed E-state index contributed by atoms with van der Waals surface area (Å²) in [6.07, 6.45) is 2.31. The van der Waals surface area contributed by atoms with E-state index in [4.69, 9.17) is 4.74 Å². The first kappa shape index (κ1) is 13.4. The highest BCUT2D eigenvalue weighted by Crippen LogP contribution is 2.29. The van der Waals surface area contributed by atoms with Gasteiger partial charge in [-0.25, -0.2) is 13.4 Å². The second kappa shape index (κ2) is 5.06. The number of ether oxygens (including phenoxy) is 1. The van der Waals surface area contributed by atoms with Crippen LogP contribution in [0.25, 0.3) is 0 Å². The van der Waals surface area contributed by atoms with Crippen LogP contribution in [0, 0.1) is 0 Å². The molecule has 0 saturated heterocycles. The number of hydrogen-bond acceptors (Lipinski definition) is 4. The molecule has 0 radical (unpaired) electrons. The van der Waals surface area contributed by atoms with Crippen molar-refractivity contribution >= 4 is 31.6 Å². The molecule has 1 aromatic heterocycles. The van der Waals surface area contributed by atoms with Crippen LogP contribution in [0.4, 0.5) is 5.69 Å². The lowest BCUT2D eigenvalue weighted by Crippen LogP contribution is -2.13. The van der Waals surface area contributed by atoms with Gasteiger partial charge in [-0.1, -0.05) is 0 Å². The quantitative estimate of drug-likeness (QED) is 0.860. The van der Waals surface area contributed by atoms with E-state index in [1.165, 1.54) is 6.07 Å².